The summed E-state index contributed by atoms with van der Waals surface area (Å²) in [4.78, 5) is 16.7. The third-order valence-corrected chi connectivity index (χ3v) is 5.55. The number of ether oxygens (including phenoxy) is 1. The van der Waals surface area contributed by atoms with E-state index in [0.29, 0.717) is 55.9 Å². The molecule has 9 nitrogen and oxygen atoms in total. The molecule has 1 aliphatic heterocycles. The minimum absolute atomic E-state index is 0.0983. The Morgan fingerprint density at radius 2 is 2.00 bits per heavy atom. The van der Waals surface area contributed by atoms with Gasteiger partial charge in [0.25, 0.3) is 5.91 Å². The molecule has 0 radical (unpaired) electrons. The Morgan fingerprint density at radius 3 is 2.70 bits per heavy atom. The number of piperazine rings is 1. The highest BCUT2D eigenvalue weighted by molar-refractivity contribution is 6.31. The zero-order valence-electron chi connectivity index (χ0n) is 16.6. The molecule has 1 atom stereocenters. The molecule has 1 unspecified atom stereocenters. The molecule has 10 heteroatoms. The Morgan fingerprint density at radius 1 is 1.20 bits per heavy atom. The Balaban J connectivity index is 1.58. The Kier molecular flexibility index (Phi) is 6.41. The van der Waals surface area contributed by atoms with Crippen LogP contribution in [0, 0.1) is 0 Å². The van der Waals surface area contributed by atoms with Gasteiger partial charge in [-0.15, -0.1) is 5.10 Å². The van der Waals surface area contributed by atoms with Crippen LogP contribution in [-0.4, -0.2) is 75.8 Å². The largest absolute Gasteiger partial charge is 0.459 e. The molecule has 0 saturated carbocycles. The zero-order valence-corrected chi connectivity index (χ0v) is 17.4. The zero-order chi connectivity index (χ0) is 20.9. The number of rotatable bonds is 7. The maximum Gasteiger partial charge on any atom is 0.289 e. The van der Waals surface area contributed by atoms with Crippen LogP contribution in [0.4, 0.5) is 0 Å². The first-order valence-electron chi connectivity index (χ1n) is 9.75. The maximum atomic E-state index is 12.6. The lowest BCUT2D eigenvalue weighted by Gasteiger charge is -2.38. The molecule has 158 valence electrons. The summed E-state index contributed by atoms with van der Waals surface area (Å²) in [5, 5.41) is 13.0. The number of benzene rings is 1. The lowest BCUT2D eigenvalue weighted by molar-refractivity contribution is 0.0558. The monoisotopic (exact) mass is 430 g/mol. The summed E-state index contributed by atoms with van der Waals surface area (Å²) in [6, 6.07) is 10.9. The molecule has 0 N–H and O–H groups in total. The average molecular weight is 431 g/mol. The fraction of sp³-hybridized carbons (Fsp3) is 0.400. The van der Waals surface area contributed by atoms with Gasteiger partial charge in [-0.1, -0.05) is 29.8 Å². The molecule has 2 aromatic heterocycles. The number of hydrogen-bond donors (Lipinski definition) is 0. The van der Waals surface area contributed by atoms with Gasteiger partial charge in [0, 0.05) is 38.3 Å². The van der Waals surface area contributed by atoms with Crippen molar-refractivity contribution < 1.29 is 13.9 Å². The van der Waals surface area contributed by atoms with Crippen molar-refractivity contribution in [2.75, 3.05) is 39.9 Å². The van der Waals surface area contributed by atoms with Crippen LogP contribution in [0.25, 0.3) is 0 Å². The van der Waals surface area contributed by atoms with Crippen LogP contribution in [0.15, 0.2) is 47.1 Å². The van der Waals surface area contributed by atoms with Gasteiger partial charge < -0.3 is 14.1 Å². The van der Waals surface area contributed by atoms with Crippen LogP contribution in [0.1, 0.15) is 28.0 Å². The van der Waals surface area contributed by atoms with Crippen LogP contribution >= 0.6 is 11.6 Å². The van der Waals surface area contributed by atoms with Crippen molar-refractivity contribution in [2.45, 2.75) is 12.6 Å². The van der Waals surface area contributed by atoms with E-state index in [9.17, 15) is 4.79 Å². The van der Waals surface area contributed by atoms with E-state index in [1.807, 2.05) is 24.3 Å². The first-order chi connectivity index (χ1) is 14.7. The van der Waals surface area contributed by atoms with Gasteiger partial charge in [0.2, 0.25) is 0 Å². The lowest BCUT2D eigenvalue weighted by atomic mass is 10.0. The summed E-state index contributed by atoms with van der Waals surface area (Å²) in [5.74, 6) is 0.958. The molecule has 1 amide bonds. The van der Waals surface area contributed by atoms with E-state index < -0.39 is 0 Å². The van der Waals surface area contributed by atoms with E-state index in [1.54, 1.807) is 28.8 Å². The topological polar surface area (TPSA) is 89.5 Å². The third kappa shape index (κ3) is 4.23. The van der Waals surface area contributed by atoms with E-state index in [1.165, 1.54) is 6.26 Å². The molecular formula is C20H23ClN6O3. The van der Waals surface area contributed by atoms with Gasteiger partial charge in [0.1, 0.15) is 0 Å². The number of methoxy groups -OCH3 is 1. The molecule has 4 rings (SSSR count). The molecule has 1 saturated heterocycles. The van der Waals surface area contributed by atoms with Gasteiger partial charge in [-0.05, 0) is 34.2 Å². The molecule has 30 heavy (non-hydrogen) atoms. The molecule has 0 spiro atoms. The van der Waals surface area contributed by atoms with Crippen LogP contribution < -0.4 is 0 Å². The molecule has 3 heterocycles. The summed E-state index contributed by atoms with van der Waals surface area (Å²) in [6.45, 7) is 3.48. The van der Waals surface area contributed by atoms with Crippen molar-refractivity contribution in [1.29, 1.82) is 0 Å². The standard InChI is InChI=1S/C20H23ClN6O3/c1-29-14-12-27-19(22-23-24-27)18(15-5-2-3-6-16(15)21)25-8-10-26(11-9-25)20(28)17-7-4-13-30-17/h2-7,13,18H,8-12,14H2,1H3. The number of tetrazole rings is 1. The van der Waals surface area contributed by atoms with E-state index in [4.69, 9.17) is 20.8 Å². The van der Waals surface area contributed by atoms with Gasteiger partial charge in [0.15, 0.2) is 11.6 Å². The fourth-order valence-corrected chi connectivity index (χ4v) is 3.92. The number of hydrogen-bond acceptors (Lipinski definition) is 7. The quantitative estimate of drug-likeness (QED) is 0.567. The van der Waals surface area contributed by atoms with Crippen LogP contribution in [0.2, 0.25) is 5.02 Å². The predicted octanol–water partition coefficient (Wildman–Crippen LogP) is 2.11. The molecule has 0 aliphatic carbocycles. The summed E-state index contributed by atoms with van der Waals surface area (Å²) >= 11 is 6.55. The third-order valence-electron chi connectivity index (χ3n) is 5.21. The summed E-state index contributed by atoms with van der Waals surface area (Å²) in [7, 11) is 1.64. The molecule has 1 aliphatic rings. The summed E-state index contributed by atoms with van der Waals surface area (Å²) in [6.07, 6.45) is 1.51. The summed E-state index contributed by atoms with van der Waals surface area (Å²) < 4.78 is 12.2. The molecular weight excluding hydrogens is 408 g/mol. The van der Waals surface area contributed by atoms with Crippen molar-refractivity contribution in [2.24, 2.45) is 0 Å². The lowest BCUT2D eigenvalue weighted by Crippen LogP contribution is -2.50. The smallest absolute Gasteiger partial charge is 0.289 e. The van der Waals surface area contributed by atoms with Gasteiger partial charge in [0.05, 0.1) is 25.5 Å². The number of carbonyl (C=O) groups is 1. The number of furan rings is 1. The Hall–Kier alpha value is -2.75. The minimum atomic E-state index is -0.230. The SMILES string of the molecule is COCCn1nnnc1C(c1ccccc1Cl)N1CCN(C(=O)c2ccco2)CC1. The van der Waals surface area contributed by atoms with Crippen molar-refractivity contribution in [3.05, 3.63) is 64.8 Å². The van der Waals surface area contributed by atoms with Crippen LogP contribution in [0.5, 0.6) is 0 Å². The van der Waals surface area contributed by atoms with Crippen molar-refractivity contribution in [3.8, 4) is 0 Å². The predicted molar refractivity (Wildman–Crippen MR) is 109 cm³/mol. The van der Waals surface area contributed by atoms with Gasteiger partial charge in [-0.25, -0.2) is 4.68 Å². The number of aromatic nitrogens is 4. The number of carbonyl (C=O) groups excluding carboxylic acids is 1. The normalized spacial score (nSPS) is 16.0. The van der Waals surface area contributed by atoms with E-state index >= 15 is 0 Å². The van der Waals surface area contributed by atoms with Gasteiger partial charge in [-0.3, -0.25) is 9.69 Å². The second-order valence-corrected chi connectivity index (χ2v) is 7.39. The van der Waals surface area contributed by atoms with E-state index in [2.05, 4.69) is 20.4 Å². The van der Waals surface area contributed by atoms with Crippen LogP contribution in [0.3, 0.4) is 0 Å². The van der Waals surface area contributed by atoms with Crippen molar-refractivity contribution in [3.63, 3.8) is 0 Å². The average Bonchev–Trinajstić information content (AvgIpc) is 3.46. The highest BCUT2D eigenvalue weighted by Gasteiger charge is 2.33. The maximum absolute atomic E-state index is 12.6. The molecule has 0 bridgehead atoms. The first kappa shape index (κ1) is 20.5. The molecule has 3 aromatic rings. The highest BCUT2D eigenvalue weighted by atomic mass is 35.5. The second kappa shape index (κ2) is 9.38. The molecule has 1 aromatic carbocycles. The van der Waals surface area contributed by atoms with E-state index in [-0.39, 0.29) is 11.9 Å². The minimum Gasteiger partial charge on any atom is -0.459 e. The van der Waals surface area contributed by atoms with Crippen molar-refractivity contribution >= 4 is 17.5 Å². The number of nitrogens with zero attached hydrogens (tertiary/aromatic N) is 6. The fourth-order valence-electron chi connectivity index (χ4n) is 3.68. The Bertz CT molecular complexity index is 969. The second-order valence-electron chi connectivity index (χ2n) is 6.98. The van der Waals surface area contributed by atoms with Gasteiger partial charge in [-0.2, -0.15) is 0 Å². The Labute approximate surface area is 179 Å². The first-order valence-corrected chi connectivity index (χ1v) is 10.1. The van der Waals surface area contributed by atoms with Gasteiger partial charge >= 0.3 is 0 Å². The number of halogens is 1. The molecule has 1 fully saturated rings. The van der Waals surface area contributed by atoms with Crippen molar-refractivity contribution in [1.82, 2.24) is 30.0 Å². The van der Waals surface area contributed by atoms with Crippen LogP contribution in [-0.2, 0) is 11.3 Å². The highest BCUT2D eigenvalue weighted by Crippen LogP contribution is 2.32. The summed E-state index contributed by atoms with van der Waals surface area (Å²) in [5.41, 5.74) is 0.929. The number of amides is 1. The van der Waals surface area contributed by atoms with E-state index in [0.717, 1.165) is 5.56 Å².